The van der Waals surface area contributed by atoms with Gasteiger partial charge in [-0.2, -0.15) is 5.10 Å². The number of aromatic nitrogens is 3. The summed E-state index contributed by atoms with van der Waals surface area (Å²) < 4.78 is 7.14. The Hall–Kier alpha value is -2.67. The normalized spacial score (nSPS) is 10.9. The van der Waals surface area contributed by atoms with Crippen molar-refractivity contribution < 1.29 is 9.53 Å². The first-order valence-corrected chi connectivity index (χ1v) is 8.80. The summed E-state index contributed by atoms with van der Waals surface area (Å²) in [5.41, 5.74) is 1.51. The Balaban J connectivity index is 1.66. The molecule has 0 bridgehead atoms. The molecule has 0 fully saturated rings. The molecule has 2 aromatic heterocycles. The number of hydrogen-bond acceptors (Lipinski definition) is 5. The quantitative estimate of drug-likeness (QED) is 0.734. The molecule has 0 radical (unpaired) electrons. The van der Waals surface area contributed by atoms with Gasteiger partial charge in [0, 0.05) is 23.3 Å². The fourth-order valence-corrected chi connectivity index (χ4v) is 3.22. The van der Waals surface area contributed by atoms with Crippen LogP contribution in [0.3, 0.4) is 0 Å². The summed E-state index contributed by atoms with van der Waals surface area (Å²) in [5, 5.41) is 7.96. The summed E-state index contributed by atoms with van der Waals surface area (Å²) in [6, 6.07) is 7.98. The minimum absolute atomic E-state index is 0.140. The number of benzene rings is 1. The Kier molecular flexibility index (Phi) is 5.14. The lowest BCUT2D eigenvalue weighted by atomic mass is 10.2. The lowest BCUT2D eigenvalue weighted by molar-refractivity contribution is 0.0951. The molecule has 0 unspecified atom stereocenters. The van der Waals surface area contributed by atoms with Gasteiger partial charge in [-0.3, -0.25) is 9.48 Å². The first-order chi connectivity index (χ1) is 12.1. The maximum Gasteiger partial charge on any atom is 0.254 e. The van der Waals surface area contributed by atoms with E-state index in [0.717, 1.165) is 21.2 Å². The molecule has 2 heterocycles. The molecule has 0 aliphatic carbocycles. The van der Waals surface area contributed by atoms with Crippen molar-refractivity contribution >= 4 is 17.2 Å². The van der Waals surface area contributed by atoms with Gasteiger partial charge in [0.1, 0.15) is 10.8 Å². The van der Waals surface area contributed by atoms with Crippen molar-refractivity contribution in [1.29, 1.82) is 0 Å². The standard InChI is InChI=1S/C18H20N4O2S/c1-12(2)22-11-13(8-21-22)17(23)19-9-14-10-20-18(25-14)15-6-4-5-7-16(15)24-3/h4-8,10-12H,9H2,1-3H3,(H,19,23). The van der Waals surface area contributed by atoms with Gasteiger partial charge in [0.15, 0.2) is 0 Å². The molecule has 6 nitrogen and oxygen atoms in total. The molecule has 1 N–H and O–H groups in total. The van der Waals surface area contributed by atoms with Crippen LogP contribution in [-0.4, -0.2) is 27.8 Å². The van der Waals surface area contributed by atoms with E-state index in [4.69, 9.17) is 4.74 Å². The summed E-state index contributed by atoms with van der Waals surface area (Å²) in [6.45, 7) is 4.47. The molecule has 3 aromatic rings. The number of nitrogens with one attached hydrogen (secondary N) is 1. The SMILES string of the molecule is COc1ccccc1-c1ncc(CNC(=O)c2cnn(C(C)C)c2)s1. The maximum atomic E-state index is 12.2. The van der Waals surface area contributed by atoms with Crippen molar-refractivity contribution in [2.75, 3.05) is 7.11 Å². The van der Waals surface area contributed by atoms with Gasteiger partial charge in [-0.15, -0.1) is 11.3 Å². The minimum atomic E-state index is -0.140. The van der Waals surface area contributed by atoms with Gasteiger partial charge < -0.3 is 10.1 Å². The maximum absolute atomic E-state index is 12.2. The van der Waals surface area contributed by atoms with Crippen LogP contribution in [0, 0.1) is 0 Å². The van der Waals surface area contributed by atoms with E-state index in [1.54, 1.807) is 30.4 Å². The Bertz CT molecular complexity index is 869. The van der Waals surface area contributed by atoms with Crippen LogP contribution >= 0.6 is 11.3 Å². The van der Waals surface area contributed by atoms with Gasteiger partial charge in [-0.05, 0) is 26.0 Å². The molecule has 0 aliphatic rings. The number of carbonyl (C=O) groups is 1. The fourth-order valence-electron chi connectivity index (χ4n) is 2.34. The van der Waals surface area contributed by atoms with Crippen molar-refractivity contribution in [3.8, 4) is 16.3 Å². The highest BCUT2D eigenvalue weighted by Crippen LogP contribution is 2.32. The van der Waals surface area contributed by atoms with E-state index >= 15 is 0 Å². The van der Waals surface area contributed by atoms with Crippen molar-refractivity contribution in [3.63, 3.8) is 0 Å². The third kappa shape index (κ3) is 3.88. The van der Waals surface area contributed by atoms with Crippen LogP contribution in [0.25, 0.3) is 10.6 Å². The highest BCUT2D eigenvalue weighted by Gasteiger charge is 2.12. The van der Waals surface area contributed by atoms with Crippen molar-refractivity contribution in [3.05, 3.63) is 53.3 Å². The third-order valence-corrected chi connectivity index (χ3v) is 4.74. The zero-order chi connectivity index (χ0) is 17.8. The number of para-hydroxylation sites is 1. The monoisotopic (exact) mass is 356 g/mol. The van der Waals surface area contributed by atoms with E-state index in [2.05, 4.69) is 15.4 Å². The molecule has 130 valence electrons. The number of amides is 1. The Morgan fingerprint density at radius 1 is 1.32 bits per heavy atom. The molecule has 7 heteroatoms. The van der Waals surface area contributed by atoms with E-state index in [9.17, 15) is 4.79 Å². The summed E-state index contributed by atoms with van der Waals surface area (Å²) in [6.07, 6.45) is 5.12. The topological polar surface area (TPSA) is 69.0 Å². The molecule has 0 atom stereocenters. The number of carbonyl (C=O) groups excluding carboxylic acids is 1. The molecular formula is C18H20N4O2S. The summed E-state index contributed by atoms with van der Waals surface area (Å²) in [7, 11) is 1.64. The molecule has 25 heavy (non-hydrogen) atoms. The number of methoxy groups -OCH3 is 1. The van der Waals surface area contributed by atoms with Crippen LogP contribution in [0.5, 0.6) is 5.75 Å². The Labute approximate surface area is 150 Å². The zero-order valence-corrected chi connectivity index (χ0v) is 15.2. The fraction of sp³-hybridized carbons (Fsp3) is 0.278. The van der Waals surface area contributed by atoms with Crippen molar-refractivity contribution in [2.24, 2.45) is 0 Å². The smallest absolute Gasteiger partial charge is 0.254 e. The Morgan fingerprint density at radius 3 is 2.84 bits per heavy atom. The van der Waals surface area contributed by atoms with Crippen LogP contribution in [0.4, 0.5) is 0 Å². The van der Waals surface area contributed by atoms with Gasteiger partial charge in [0.05, 0.1) is 31.0 Å². The van der Waals surface area contributed by atoms with Gasteiger partial charge >= 0.3 is 0 Å². The highest BCUT2D eigenvalue weighted by atomic mass is 32.1. The predicted octanol–water partition coefficient (Wildman–Crippen LogP) is 3.53. The second-order valence-corrected chi connectivity index (χ2v) is 6.93. The third-order valence-electron chi connectivity index (χ3n) is 3.71. The number of rotatable bonds is 6. The van der Waals surface area contributed by atoms with Crippen LogP contribution in [0.1, 0.15) is 35.1 Å². The molecule has 0 spiro atoms. The van der Waals surface area contributed by atoms with Crippen LogP contribution in [-0.2, 0) is 6.54 Å². The zero-order valence-electron chi connectivity index (χ0n) is 14.4. The van der Waals surface area contributed by atoms with E-state index in [-0.39, 0.29) is 11.9 Å². The number of hydrogen-bond donors (Lipinski definition) is 1. The number of thiazole rings is 1. The second-order valence-electron chi connectivity index (χ2n) is 5.82. The molecule has 0 aliphatic heterocycles. The number of nitrogens with zero attached hydrogens (tertiary/aromatic N) is 3. The summed E-state index contributed by atoms with van der Waals surface area (Å²) >= 11 is 1.54. The predicted molar refractivity (Wildman–Crippen MR) is 97.9 cm³/mol. The molecule has 0 saturated heterocycles. The van der Waals surface area contributed by atoms with E-state index < -0.39 is 0 Å². The average Bonchev–Trinajstić information content (AvgIpc) is 3.29. The first-order valence-electron chi connectivity index (χ1n) is 7.99. The molecule has 1 amide bonds. The van der Waals surface area contributed by atoms with Gasteiger partial charge in [0.2, 0.25) is 0 Å². The molecule has 3 rings (SSSR count). The molecular weight excluding hydrogens is 336 g/mol. The minimum Gasteiger partial charge on any atom is -0.496 e. The van der Waals surface area contributed by atoms with Crippen LogP contribution < -0.4 is 10.1 Å². The Morgan fingerprint density at radius 2 is 2.12 bits per heavy atom. The molecule has 1 aromatic carbocycles. The van der Waals surface area contributed by atoms with Gasteiger partial charge in [0.25, 0.3) is 5.91 Å². The second kappa shape index (κ2) is 7.48. The van der Waals surface area contributed by atoms with Gasteiger partial charge in [-0.1, -0.05) is 12.1 Å². The van der Waals surface area contributed by atoms with Crippen molar-refractivity contribution in [2.45, 2.75) is 26.4 Å². The van der Waals surface area contributed by atoms with Gasteiger partial charge in [-0.25, -0.2) is 4.98 Å². The summed E-state index contributed by atoms with van der Waals surface area (Å²) in [4.78, 5) is 17.7. The van der Waals surface area contributed by atoms with Crippen LogP contribution in [0.2, 0.25) is 0 Å². The summed E-state index contributed by atoms with van der Waals surface area (Å²) in [5.74, 6) is 0.646. The van der Waals surface area contributed by atoms with Crippen molar-refractivity contribution in [1.82, 2.24) is 20.1 Å². The van der Waals surface area contributed by atoms with Crippen LogP contribution in [0.15, 0.2) is 42.9 Å². The average molecular weight is 356 g/mol. The number of ether oxygens (including phenoxy) is 1. The largest absolute Gasteiger partial charge is 0.496 e. The highest BCUT2D eigenvalue weighted by molar-refractivity contribution is 7.15. The molecule has 0 saturated carbocycles. The first kappa shape index (κ1) is 17.2. The van der Waals surface area contributed by atoms with E-state index in [1.807, 2.05) is 38.1 Å². The van der Waals surface area contributed by atoms with E-state index in [0.29, 0.717) is 12.1 Å². The lowest BCUT2D eigenvalue weighted by Gasteiger charge is -2.04. The van der Waals surface area contributed by atoms with E-state index in [1.165, 1.54) is 11.3 Å². The lowest BCUT2D eigenvalue weighted by Crippen LogP contribution is -2.21.